The first-order chi connectivity index (χ1) is 16.2. The van der Waals surface area contributed by atoms with Gasteiger partial charge in [-0.25, -0.2) is 0 Å². The molecular formula is C23H24N4O7. The molecule has 0 unspecified atom stereocenters. The number of Topliss-reactive ketones (excluding diaryl/α,β-unsaturated/α-hetero) is 1. The van der Waals surface area contributed by atoms with Gasteiger partial charge in [0.2, 0.25) is 0 Å². The highest BCUT2D eigenvalue weighted by atomic mass is 16.6. The summed E-state index contributed by atoms with van der Waals surface area (Å²) in [7, 11) is 0. The summed E-state index contributed by atoms with van der Waals surface area (Å²) in [6, 6.07) is 9.43. The van der Waals surface area contributed by atoms with Crippen LogP contribution < -0.4 is 0 Å². The predicted octanol–water partition coefficient (Wildman–Crippen LogP) is 3.27. The highest BCUT2D eigenvalue weighted by Crippen LogP contribution is 2.39. The number of amides is 1. The molecule has 1 aliphatic rings. The number of likely N-dealkylation sites (tertiary alicyclic amines) is 1. The molecule has 3 rings (SSSR count). The van der Waals surface area contributed by atoms with Crippen LogP contribution in [0.4, 0.5) is 11.4 Å². The SMILES string of the molecule is CCN(CC)CCN1C(=O)C(=O)/C(=C(/O)c2ccc([N+](=O)[O-])cc2)[C@H]1c1ccc([N+](=O)[O-])cc1. The zero-order valence-electron chi connectivity index (χ0n) is 18.7. The topological polar surface area (TPSA) is 147 Å². The molecule has 0 saturated carbocycles. The number of benzene rings is 2. The molecule has 1 fully saturated rings. The molecule has 1 saturated heterocycles. The third-order valence-electron chi connectivity index (χ3n) is 5.86. The van der Waals surface area contributed by atoms with Crippen LogP contribution in [0.1, 0.15) is 31.0 Å². The Morgan fingerprint density at radius 1 is 0.941 bits per heavy atom. The van der Waals surface area contributed by atoms with Crippen LogP contribution in [-0.4, -0.2) is 62.6 Å². The molecule has 178 valence electrons. The fourth-order valence-electron chi connectivity index (χ4n) is 3.92. The number of likely N-dealkylation sites (N-methyl/N-ethyl adjacent to an activating group) is 1. The lowest BCUT2D eigenvalue weighted by Crippen LogP contribution is -2.38. The lowest BCUT2D eigenvalue weighted by atomic mass is 9.95. The third kappa shape index (κ3) is 4.79. The van der Waals surface area contributed by atoms with E-state index in [2.05, 4.69) is 4.90 Å². The zero-order chi connectivity index (χ0) is 25.0. The van der Waals surface area contributed by atoms with Crippen molar-refractivity contribution in [2.45, 2.75) is 19.9 Å². The van der Waals surface area contributed by atoms with Crippen LogP contribution in [0.3, 0.4) is 0 Å². The summed E-state index contributed by atoms with van der Waals surface area (Å²) in [6.07, 6.45) is 0. The van der Waals surface area contributed by atoms with Gasteiger partial charge in [0.1, 0.15) is 5.76 Å². The molecule has 1 atom stereocenters. The van der Waals surface area contributed by atoms with E-state index in [1.54, 1.807) is 0 Å². The van der Waals surface area contributed by atoms with Crippen LogP contribution in [0.2, 0.25) is 0 Å². The molecule has 34 heavy (non-hydrogen) atoms. The van der Waals surface area contributed by atoms with Crippen molar-refractivity contribution in [1.29, 1.82) is 0 Å². The Hall–Kier alpha value is -4.12. The number of rotatable bonds is 9. The zero-order valence-corrected chi connectivity index (χ0v) is 18.7. The largest absolute Gasteiger partial charge is 0.507 e. The second-order valence-corrected chi connectivity index (χ2v) is 7.67. The van der Waals surface area contributed by atoms with Gasteiger partial charge in [0.05, 0.1) is 21.5 Å². The summed E-state index contributed by atoms with van der Waals surface area (Å²) in [5.41, 5.74) is 0.0432. The Morgan fingerprint density at radius 3 is 1.91 bits per heavy atom. The Kier molecular flexibility index (Phi) is 7.37. The van der Waals surface area contributed by atoms with E-state index in [0.717, 1.165) is 13.1 Å². The molecule has 1 heterocycles. The highest BCUT2D eigenvalue weighted by Gasteiger charge is 2.46. The number of nitro benzene ring substituents is 2. The number of non-ortho nitro benzene ring substituents is 2. The van der Waals surface area contributed by atoms with E-state index >= 15 is 0 Å². The van der Waals surface area contributed by atoms with Crippen molar-refractivity contribution in [3.8, 4) is 0 Å². The van der Waals surface area contributed by atoms with Crippen LogP contribution >= 0.6 is 0 Å². The molecule has 11 heteroatoms. The number of aliphatic hydroxyl groups excluding tert-OH is 1. The average Bonchev–Trinajstić information content (AvgIpc) is 3.09. The molecule has 11 nitrogen and oxygen atoms in total. The van der Waals surface area contributed by atoms with Gasteiger partial charge in [-0.05, 0) is 42.9 Å². The fourth-order valence-corrected chi connectivity index (χ4v) is 3.92. The van der Waals surface area contributed by atoms with Gasteiger partial charge in [0.15, 0.2) is 0 Å². The molecule has 2 aromatic rings. The number of nitro groups is 2. The highest BCUT2D eigenvalue weighted by molar-refractivity contribution is 6.46. The first kappa shape index (κ1) is 24.5. The van der Waals surface area contributed by atoms with E-state index in [9.17, 15) is 34.9 Å². The first-order valence-corrected chi connectivity index (χ1v) is 10.7. The van der Waals surface area contributed by atoms with E-state index in [0.29, 0.717) is 12.1 Å². The smallest absolute Gasteiger partial charge is 0.295 e. The van der Waals surface area contributed by atoms with Gasteiger partial charge in [-0.3, -0.25) is 29.8 Å². The van der Waals surface area contributed by atoms with Gasteiger partial charge in [-0.2, -0.15) is 0 Å². The Bertz CT molecular complexity index is 1140. The maximum Gasteiger partial charge on any atom is 0.295 e. The van der Waals surface area contributed by atoms with Gasteiger partial charge in [-0.15, -0.1) is 0 Å². The Balaban J connectivity index is 2.10. The van der Waals surface area contributed by atoms with Crippen molar-refractivity contribution in [2.24, 2.45) is 0 Å². The fraction of sp³-hybridized carbons (Fsp3) is 0.304. The summed E-state index contributed by atoms with van der Waals surface area (Å²) >= 11 is 0. The molecule has 0 bridgehead atoms. The van der Waals surface area contributed by atoms with E-state index in [4.69, 9.17) is 0 Å². The maximum absolute atomic E-state index is 13.0. The summed E-state index contributed by atoms with van der Waals surface area (Å²) in [5.74, 6) is -2.15. The standard InChI is InChI=1S/C23H24N4O7/c1-3-24(4-2)13-14-25-20(15-5-9-17(10-6-15)26(31)32)19(22(29)23(25)30)21(28)16-7-11-18(12-8-16)27(33)34/h5-12,20,28H,3-4,13-14H2,1-2H3/b21-19+/t20-/m1/s1. The van der Waals surface area contributed by atoms with Crippen molar-refractivity contribution in [1.82, 2.24) is 9.80 Å². The molecule has 0 spiro atoms. The monoisotopic (exact) mass is 468 g/mol. The minimum absolute atomic E-state index is 0.138. The van der Waals surface area contributed by atoms with E-state index in [1.807, 2.05) is 13.8 Å². The molecule has 1 N–H and O–H groups in total. The van der Waals surface area contributed by atoms with E-state index in [-0.39, 0.29) is 29.1 Å². The number of aliphatic hydroxyl groups is 1. The predicted molar refractivity (Wildman–Crippen MR) is 123 cm³/mol. The number of hydrogen-bond acceptors (Lipinski definition) is 8. The third-order valence-corrected chi connectivity index (χ3v) is 5.86. The minimum Gasteiger partial charge on any atom is -0.507 e. The Labute approximate surface area is 195 Å². The molecular weight excluding hydrogens is 444 g/mol. The van der Waals surface area contributed by atoms with E-state index in [1.165, 1.54) is 53.4 Å². The average molecular weight is 468 g/mol. The van der Waals surface area contributed by atoms with Crippen LogP contribution in [0.5, 0.6) is 0 Å². The number of ketones is 1. The number of carbonyl (C=O) groups is 2. The van der Waals surface area contributed by atoms with Gasteiger partial charge in [0.25, 0.3) is 23.1 Å². The number of nitrogens with zero attached hydrogens (tertiary/aromatic N) is 4. The van der Waals surface area contributed by atoms with Crippen molar-refractivity contribution in [3.05, 3.63) is 85.5 Å². The van der Waals surface area contributed by atoms with Gasteiger partial charge in [0, 0.05) is 42.9 Å². The van der Waals surface area contributed by atoms with Gasteiger partial charge < -0.3 is 14.9 Å². The van der Waals surface area contributed by atoms with Gasteiger partial charge >= 0.3 is 0 Å². The summed E-state index contributed by atoms with van der Waals surface area (Å²) in [6.45, 7) is 6.11. The summed E-state index contributed by atoms with van der Waals surface area (Å²) in [4.78, 5) is 50.2. The van der Waals surface area contributed by atoms with Crippen LogP contribution in [0.15, 0.2) is 54.1 Å². The quantitative estimate of drug-likeness (QED) is 0.194. The second-order valence-electron chi connectivity index (χ2n) is 7.67. The number of carbonyl (C=O) groups excluding carboxylic acids is 2. The van der Waals surface area contributed by atoms with Crippen molar-refractivity contribution in [3.63, 3.8) is 0 Å². The number of hydrogen-bond donors (Lipinski definition) is 1. The lowest BCUT2D eigenvalue weighted by Gasteiger charge is -2.28. The minimum atomic E-state index is -0.966. The summed E-state index contributed by atoms with van der Waals surface area (Å²) in [5, 5.41) is 33.0. The molecule has 1 aliphatic heterocycles. The molecule has 0 aliphatic carbocycles. The van der Waals surface area contributed by atoms with E-state index < -0.39 is 33.3 Å². The van der Waals surface area contributed by atoms with Crippen LogP contribution in [0, 0.1) is 20.2 Å². The van der Waals surface area contributed by atoms with Crippen LogP contribution in [-0.2, 0) is 9.59 Å². The normalized spacial score (nSPS) is 17.4. The van der Waals surface area contributed by atoms with Crippen LogP contribution in [0.25, 0.3) is 5.76 Å². The van der Waals surface area contributed by atoms with Crippen molar-refractivity contribution >= 4 is 28.8 Å². The molecule has 2 aromatic carbocycles. The molecule has 0 aromatic heterocycles. The lowest BCUT2D eigenvalue weighted by molar-refractivity contribution is -0.385. The second kappa shape index (κ2) is 10.2. The molecule has 1 amide bonds. The van der Waals surface area contributed by atoms with Gasteiger partial charge in [-0.1, -0.05) is 13.8 Å². The van der Waals surface area contributed by atoms with Crippen molar-refractivity contribution < 1.29 is 24.5 Å². The summed E-state index contributed by atoms with van der Waals surface area (Å²) < 4.78 is 0. The molecule has 0 radical (unpaired) electrons. The Morgan fingerprint density at radius 2 is 1.44 bits per heavy atom. The van der Waals surface area contributed by atoms with Crippen molar-refractivity contribution in [2.75, 3.05) is 26.2 Å². The first-order valence-electron chi connectivity index (χ1n) is 10.7. The maximum atomic E-state index is 13.0.